The van der Waals surface area contributed by atoms with E-state index in [0.29, 0.717) is 17.0 Å². The van der Waals surface area contributed by atoms with Crippen molar-refractivity contribution in [3.05, 3.63) is 51.4 Å². The van der Waals surface area contributed by atoms with Gasteiger partial charge in [-0.3, -0.25) is 4.79 Å². The van der Waals surface area contributed by atoms with E-state index in [0.717, 1.165) is 22.6 Å². The van der Waals surface area contributed by atoms with E-state index >= 15 is 0 Å². The number of anilines is 1. The van der Waals surface area contributed by atoms with Crippen molar-refractivity contribution in [1.29, 1.82) is 5.26 Å². The first-order chi connectivity index (χ1) is 12.1. The van der Waals surface area contributed by atoms with Crippen LogP contribution < -0.4 is 10.6 Å². The van der Waals surface area contributed by atoms with Gasteiger partial charge in [0.05, 0.1) is 5.56 Å². The number of nitrogens with zero attached hydrogens (tertiary/aromatic N) is 1. The van der Waals surface area contributed by atoms with E-state index in [4.69, 9.17) is 0 Å². The maximum atomic E-state index is 13.9. The molecule has 0 atom stereocenters. The van der Waals surface area contributed by atoms with Gasteiger partial charge in [-0.25, -0.2) is 8.78 Å². The second kappa shape index (κ2) is 6.15. The number of nitriles is 1. The second-order valence-corrected chi connectivity index (χ2v) is 8.61. The first-order valence-electron chi connectivity index (χ1n) is 8.17. The molecule has 0 bridgehead atoms. The van der Waals surface area contributed by atoms with Crippen LogP contribution in [0.25, 0.3) is 0 Å². The lowest BCUT2D eigenvalue weighted by Crippen LogP contribution is -2.54. The SMILES string of the molecule is CC1(C)Cc2c(sc(NC(=O)c3c(F)cccc3F)c2C#N)C(C)(C)N1. The second-order valence-electron chi connectivity index (χ2n) is 7.59. The van der Waals surface area contributed by atoms with E-state index in [-0.39, 0.29) is 11.1 Å². The lowest BCUT2D eigenvalue weighted by molar-refractivity contribution is 0.101. The third-order valence-electron chi connectivity index (χ3n) is 4.37. The Labute approximate surface area is 154 Å². The van der Waals surface area contributed by atoms with Gasteiger partial charge in [0.1, 0.15) is 28.3 Å². The van der Waals surface area contributed by atoms with Crippen LogP contribution in [0.5, 0.6) is 0 Å². The largest absolute Gasteiger partial charge is 0.312 e. The molecule has 2 N–H and O–H groups in total. The monoisotopic (exact) mass is 375 g/mol. The van der Waals surface area contributed by atoms with Gasteiger partial charge in [0.15, 0.2) is 0 Å². The summed E-state index contributed by atoms with van der Waals surface area (Å²) < 4.78 is 27.7. The Morgan fingerprint density at radius 1 is 1.27 bits per heavy atom. The lowest BCUT2D eigenvalue weighted by Gasteiger charge is -2.42. The van der Waals surface area contributed by atoms with Gasteiger partial charge in [-0.2, -0.15) is 5.26 Å². The van der Waals surface area contributed by atoms with E-state index in [2.05, 4.69) is 16.7 Å². The quantitative estimate of drug-likeness (QED) is 0.822. The lowest BCUT2D eigenvalue weighted by atomic mass is 9.81. The molecule has 4 nitrogen and oxygen atoms in total. The van der Waals surface area contributed by atoms with E-state index in [1.54, 1.807) is 0 Å². The van der Waals surface area contributed by atoms with Gasteiger partial charge in [0, 0.05) is 16.0 Å². The number of hydrogen-bond donors (Lipinski definition) is 2. The van der Waals surface area contributed by atoms with Gasteiger partial charge in [-0.05, 0) is 51.8 Å². The summed E-state index contributed by atoms with van der Waals surface area (Å²) >= 11 is 1.27. The molecule has 3 rings (SSSR count). The molecule has 0 fully saturated rings. The molecule has 26 heavy (non-hydrogen) atoms. The van der Waals surface area contributed by atoms with Gasteiger partial charge in [0.25, 0.3) is 5.91 Å². The number of hydrogen-bond acceptors (Lipinski definition) is 4. The summed E-state index contributed by atoms with van der Waals surface area (Å²) in [6.45, 7) is 8.10. The van der Waals surface area contributed by atoms with Crippen LogP contribution in [0.4, 0.5) is 13.8 Å². The molecule has 0 aliphatic carbocycles. The van der Waals surface area contributed by atoms with Crippen LogP contribution in [0, 0.1) is 23.0 Å². The normalized spacial score (nSPS) is 17.3. The average molecular weight is 375 g/mol. The van der Waals surface area contributed by atoms with Crippen LogP contribution in [0.3, 0.4) is 0 Å². The topological polar surface area (TPSA) is 64.9 Å². The number of carbonyl (C=O) groups is 1. The zero-order valence-corrected chi connectivity index (χ0v) is 15.8. The fourth-order valence-corrected chi connectivity index (χ4v) is 4.84. The molecule has 7 heteroatoms. The van der Waals surface area contributed by atoms with Crippen molar-refractivity contribution in [2.45, 2.75) is 45.2 Å². The van der Waals surface area contributed by atoms with Crippen LogP contribution in [0.1, 0.15) is 54.1 Å². The molecule has 136 valence electrons. The number of benzene rings is 1. The number of thiophene rings is 1. The van der Waals surface area contributed by atoms with Crippen LogP contribution in [0.2, 0.25) is 0 Å². The summed E-state index contributed by atoms with van der Waals surface area (Å²) in [6, 6.07) is 5.39. The molecule has 2 aromatic rings. The number of nitrogens with one attached hydrogen (secondary N) is 2. The molecule has 1 aromatic heterocycles. The van der Waals surface area contributed by atoms with Gasteiger partial charge in [-0.1, -0.05) is 6.07 Å². The Bertz CT molecular complexity index is 921. The summed E-state index contributed by atoms with van der Waals surface area (Å²) in [7, 11) is 0. The standard InChI is InChI=1S/C19H19F2N3OS/c1-18(2)8-10-11(9-22)17(26-15(10)19(3,4)24-18)23-16(25)14-12(20)6-5-7-13(14)21/h5-7,24H,8H2,1-4H3,(H,23,25). The number of fused-ring (bicyclic) bond motifs is 1. The van der Waals surface area contributed by atoms with E-state index in [1.165, 1.54) is 17.4 Å². The summed E-state index contributed by atoms with van der Waals surface area (Å²) in [5.41, 5.74) is -0.0319. The summed E-state index contributed by atoms with van der Waals surface area (Å²) in [4.78, 5) is 13.4. The van der Waals surface area contributed by atoms with E-state index in [9.17, 15) is 18.8 Å². The highest BCUT2D eigenvalue weighted by molar-refractivity contribution is 7.17. The summed E-state index contributed by atoms with van der Waals surface area (Å²) in [6.07, 6.45) is 0.620. The predicted octanol–water partition coefficient (Wildman–Crippen LogP) is 4.31. The van der Waals surface area contributed by atoms with Crippen molar-refractivity contribution in [3.63, 3.8) is 0 Å². The number of rotatable bonds is 2. The molecule has 2 heterocycles. The van der Waals surface area contributed by atoms with Crippen LogP contribution >= 0.6 is 11.3 Å². The van der Waals surface area contributed by atoms with Crippen molar-refractivity contribution in [2.75, 3.05) is 5.32 Å². The maximum Gasteiger partial charge on any atom is 0.262 e. The number of amides is 1. The van der Waals surface area contributed by atoms with E-state index < -0.39 is 23.1 Å². The van der Waals surface area contributed by atoms with Crippen molar-refractivity contribution < 1.29 is 13.6 Å². The fraction of sp³-hybridized carbons (Fsp3) is 0.368. The third-order valence-corrected chi connectivity index (χ3v) is 5.84. The molecular weight excluding hydrogens is 356 g/mol. The zero-order chi connectivity index (χ0) is 19.3. The Hall–Kier alpha value is -2.30. The highest BCUT2D eigenvalue weighted by Crippen LogP contribution is 2.44. The Morgan fingerprint density at radius 3 is 2.46 bits per heavy atom. The van der Waals surface area contributed by atoms with Crippen LogP contribution in [-0.2, 0) is 12.0 Å². The van der Waals surface area contributed by atoms with Crippen LogP contribution in [-0.4, -0.2) is 11.4 Å². The first kappa shape index (κ1) is 18.5. The molecule has 1 aliphatic heterocycles. The van der Waals surface area contributed by atoms with Gasteiger partial charge in [0.2, 0.25) is 0 Å². The Kier molecular flexibility index (Phi) is 4.37. The number of carbonyl (C=O) groups excluding carboxylic acids is 1. The summed E-state index contributed by atoms with van der Waals surface area (Å²) in [5, 5.41) is 16.0. The highest BCUT2D eigenvalue weighted by atomic mass is 32.1. The zero-order valence-electron chi connectivity index (χ0n) is 15.0. The molecule has 0 saturated carbocycles. The van der Waals surface area contributed by atoms with E-state index in [1.807, 2.05) is 27.7 Å². The van der Waals surface area contributed by atoms with Crippen molar-refractivity contribution in [1.82, 2.24) is 5.32 Å². The average Bonchev–Trinajstić information content (AvgIpc) is 2.83. The minimum atomic E-state index is -0.939. The van der Waals surface area contributed by atoms with Crippen molar-refractivity contribution in [3.8, 4) is 6.07 Å². The molecule has 0 saturated heterocycles. The van der Waals surface area contributed by atoms with Crippen molar-refractivity contribution >= 4 is 22.2 Å². The molecule has 1 amide bonds. The number of halogens is 2. The molecule has 0 spiro atoms. The smallest absolute Gasteiger partial charge is 0.262 e. The third kappa shape index (κ3) is 3.11. The Balaban J connectivity index is 2.05. The molecule has 1 aliphatic rings. The molecular formula is C19H19F2N3OS. The highest BCUT2D eigenvalue weighted by Gasteiger charge is 2.40. The maximum absolute atomic E-state index is 13.9. The minimum absolute atomic E-state index is 0.220. The van der Waals surface area contributed by atoms with Gasteiger partial charge >= 0.3 is 0 Å². The fourth-order valence-electron chi connectivity index (χ4n) is 3.61. The molecule has 0 unspecified atom stereocenters. The minimum Gasteiger partial charge on any atom is -0.312 e. The Morgan fingerprint density at radius 2 is 1.88 bits per heavy atom. The molecule has 1 aromatic carbocycles. The summed E-state index contributed by atoms with van der Waals surface area (Å²) in [5.74, 6) is -2.78. The van der Waals surface area contributed by atoms with Crippen LogP contribution in [0.15, 0.2) is 18.2 Å². The molecule has 0 radical (unpaired) electrons. The predicted molar refractivity (Wildman–Crippen MR) is 97.3 cm³/mol. The first-order valence-corrected chi connectivity index (χ1v) is 8.98. The van der Waals surface area contributed by atoms with Crippen molar-refractivity contribution in [2.24, 2.45) is 0 Å². The van der Waals surface area contributed by atoms with Gasteiger partial charge in [-0.15, -0.1) is 11.3 Å². The van der Waals surface area contributed by atoms with Gasteiger partial charge < -0.3 is 10.6 Å².